The van der Waals surface area contributed by atoms with Gasteiger partial charge in [-0.3, -0.25) is 9.59 Å². The van der Waals surface area contributed by atoms with Gasteiger partial charge in [0.05, 0.1) is 5.75 Å². The Balaban J connectivity index is 1.23. The van der Waals surface area contributed by atoms with E-state index in [9.17, 15) is 9.59 Å². The van der Waals surface area contributed by atoms with Crippen LogP contribution >= 0.6 is 11.8 Å². The molecule has 1 saturated heterocycles. The number of thioether (sulfide) groups is 1. The number of nitrogens with zero attached hydrogens (tertiary/aromatic N) is 2. The quantitative estimate of drug-likeness (QED) is 0.669. The first-order chi connectivity index (χ1) is 15.2. The Labute approximate surface area is 189 Å². The van der Waals surface area contributed by atoms with Crippen LogP contribution in [0.5, 0.6) is 0 Å². The van der Waals surface area contributed by atoms with Crippen molar-refractivity contribution in [3.05, 3.63) is 54.6 Å². The Morgan fingerprint density at radius 2 is 1.55 bits per heavy atom. The largest absolute Gasteiger partial charge is 0.368 e. The van der Waals surface area contributed by atoms with Crippen molar-refractivity contribution in [3.8, 4) is 0 Å². The highest BCUT2D eigenvalue weighted by molar-refractivity contribution is 8.00. The summed E-state index contributed by atoms with van der Waals surface area (Å²) in [5.41, 5.74) is 1.95. The van der Waals surface area contributed by atoms with Crippen molar-refractivity contribution in [3.63, 3.8) is 0 Å². The molecule has 5 nitrogen and oxygen atoms in total. The van der Waals surface area contributed by atoms with Gasteiger partial charge >= 0.3 is 0 Å². The van der Waals surface area contributed by atoms with Crippen LogP contribution in [0.3, 0.4) is 0 Å². The first-order valence-electron chi connectivity index (χ1n) is 11.3. The van der Waals surface area contributed by atoms with Gasteiger partial charge < -0.3 is 15.1 Å². The molecule has 0 unspecified atom stereocenters. The molecule has 1 saturated carbocycles. The van der Waals surface area contributed by atoms with E-state index in [-0.39, 0.29) is 11.8 Å². The maximum Gasteiger partial charge on any atom is 0.234 e. The van der Waals surface area contributed by atoms with E-state index in [0.29, 0.717) is 11.7 Å². The lowest BCUT2D eigenvalue weighted by atomic mass is 9.88. The van der Waals surface area contributed by atoms with Crippen molar-refractivity contribution < 1.29 is 9.59 Å². The Bertz CT molecular complexity index is 858. The number of nitrogens with one attached hydrogen (secondary N) is 1. The molecule has 2 fully saturated rings. The molecule has 0 aromatic heterocycles. The molecule has 4 rings (SSSR count). The molecule has 2 aromatic rings. The minimum absolute atomic E-state index is 0.00329. The summed E-state index contributed by atoms with van der Waals surface area (Å²) in [6.45, 7) is 3.31. The minimum Gasteiger partial charge on any atom is -0.368 e. The van der Waals surface area contributed by atoms with Crippen LogP contribution in [0.25, 0.3) is 0 Å². The average molecular weight is 438 g/mol. The predicted molar refractivity (Wildman–Crippen MR) is 128 cm³/mol. The molecule has 1 heterocycles. The van der Waals surface area contributed by atoms with Gasteiger partial charge in [0.15, 0.2) is 0 Å². The Morgan fingerprint density at radius 3 is 2.23 bits per heavy atom. The molecule has 0 spiro atoms. The topological polar surface area (TPSA) is 52.7 Å². The molecule has 164 valence electrons. The van der Waals surface area contributed by atoms with Gasteiger partial charge in [0.2, 0.25) is 11.8 Å². The number of hydrogen-bond acceptors (Lipinski definition) is 4. The fourth-order valence-corrected chi connectivity index (χ4v) is 5.13. The third kappa shape index (κ3) is 6.03. The second-order valence-corrected chi connectivity index (χ2v) is 9.39. The monoisotopic (exact) mass is 437 g/mol. The number of hydrogen-bond donors (Lipinski definition) is 1. The standard InChI is InChI=1S/C25H31N3O2S/c29-24(19-31-23-9-5-2-6-10-23)26-21-11-13-22(14-12-21)27-15-17-28(18-16-27)25(30)20-7-3-1-4-8-20/h2,5-6,9-14,20H,1,3-4,7-8,15-19H2,(H,26,29). The number of rotatable bonds is 6. The smallest absolute Gasteiger partial charge is 0.234 e. The summed E-state index contributed by atoms with van der Waals surface area (Å²) in [7, 11) is 0. The van der Waals surface area contributed by atoms with E-state index in [1.165, 1.54) is 31.0 Å². The third-order valence-corrected chi connectivity index (χ3v) is 7.19. The highest BCUT2D eigenvalue weighted by atomic mass is 32.2. The van der Waals surface area contributed by atoms with E-state index < -0.39 is 0 Å². The summed E-state index contributed by atoms with van der Waals surface area (Å²) in [6.07, 6.45) is 5.81. The van der Waals surface area contributed by atoms with Gasteiger partial charge in [-0.1, -0.05) is 37.5 Å². The zero-order valence-corrected chi connectivity index (χ0v) is 18.8. The maximum atomic E-state index is 12.8. The van der Waals surface area contributed by atoms with Crippen molar-refractivity contribution in [1.29, 1.82) is 0 Å². The molecule has 0 bridgehead atoms. The minimum atomic E-state index is -0.00329. The number of anilines is 2. The van der Waals surface area contributed by atoms with Gasteiger partial charge in [0, 0.05) is 48.4 Å². The fourth-order valence-electron chi connectivity index (χ4n) is 4.41. The van der Waals surface area contributed by atoms with E-state index in [1.807, 2.05) is 42.5 Å². The van der Waals surface area contributed by atoms with Gasteiger partial charge in [-0.05, 0) is 49.2 Å². The molecular formula is C25H31N3O2S. The van der Waals surface area contributed by atoms with Crippen LogP contribution in [-0.2, 0) is 9.59 Å². The number of carbonyl (C=O) groups is 2. The molecule has 2 amide bonds. The number of carbonyl (C=O) groups excluding carboxylic acids is 2. The van der Waals surface area contributed by atoms with Crippen LogP contribution in [0.15, 0.2) is 59.5 Å². The van der Waals surface area contributed by atoms with E-state index in [2.05, 4.69) is 27.2 Å². The molecular weight excluding hydrogens is 406 g/mol. The first kappa shape index (κ1) is 21.8. The third-order valence-electron chi connectivity index (χ3n) is 6.18. The van der Waals surface area contributed by atoms with E-state index in [0.717, 1.165) is 55.3 Å². The Hall–Kier alpha value is -2.47. The van der Waals surface area contributed by atoms with Crippen molar-refractivity contribution in [1.82, 2.24) is 4.90 Å². The number of benzene rings is 2. The molecule has 2 aliphatic rings. The van der Waals surface area contributed by atoms with Crippen LogP contribution in [0.1, 0.15) is 32.1 Å². The van der Waals surface area contributed by atoms with Crippen molar-refractivity contribution in [2.75, 3.05) is 42.1 Å². The maximum absolute atomic E-state index is 12.8. The zero-order chi connectivity index (χ0) is 21.5. The second kappa shape index (κ2) is 10.7. The van der Waals surface area contributed by atoms with Gasteiger partial charge in [0.1, 0.15) is 0 Å². The average Bonchev–Trinajstić information content (AvgIpc) is 2.84. The number of piperazine rings is 1. The summed E-state index contributed by atoms with van der Waals surface area (Å²) in [5.74, 6) is 1.01. The van der Waals surface area contributed by atoms with Gasteiger partial charge in [0.25, 0.3) is 0 Å². The molecule has 6 heteroatoms. The van der Waals surface area contributed by atoms with E-state index in [1.54, 1.807) is 0 Å². The van der Waals surface area contributed by atoms with Crippen LogP contribution in [0.2, 0.25) is 0 Å². The summed E-state index contributed by atoms with van der Waals surface area (Å²) in [4.78, 5) is 30.4. The number of amides is 2. The van der Waals surface area contributed by atoms with Gasteiger partial charge in [-0.25, -0.2) is 0 Å². The zero-order valence-electron chi connectivity index (χ0n) is 18.0. The van der Waals surface area contributed by atoms with Crippen molar-refractivity contribution >= 4 is 35.0 Å². The Kier molecular flexibility index (Phi) is 7.52. The lowest BCUT2D eigenvalue weighted by molar-refractivity contribution is -0.136. The first-order valence-corrected chi connectivity index (χ1v) is 12.3. The lowest BCUT2D eigenvalue weighted by Gasteiger charge is -2.38. The van der Waals surface area contributed by atoms with E-state index in [4.69, 9.17) is 0 Å². The molecule has 0 atom stereocenters. The fraction of sp³-hybridized carbons (Fsp3) is 0.440. The normalized spacial score (nSPS) is 17.4. The highest BCUT2D eigenvalue weighted by Gasteiger charge is 2.28. The second-order valence-electron chi connectivity index (χ2n) is 8.34. The lowest BCUT2D eigenvalue weighted by Crippen LogP contribution is -2.50. The summed E-state index contributed by atoms with van der Waals surface area (Å²) in [6, 6.07) is 18.0. The predicted octanol–water partition coefficient (Wildman–Crippen LogP) is 4.65. The molecule has 31 heavy (non-hydrogen) atoms. The molecule has 2 aromatic carbocycles. The summed E-state index contributed by atoms with van der Waals surface area (Å²) >= 11 is 1.53. The van der Waals surface area contributed by atoms with Crippen molar-refractivity contribution in [2.45, 2.75) is 37.0 Å². The van der Waals surface area contributed by atoms with Gasteiger partial charge in [-0.15, -0.1) is 11.8 Å². The highest BCUT2D eigenvalue weighted by Crippen LogP contribution is 2.27. The van der Waals surface area contributed by atoms with Crippen LogP contribution in [0, 0.1) is 5.92 Å². The van der Waals surface area contributed by atoms with Crippen LogP contribution in [0.4, 0.5) is 11.4 Å². The summed E-state index contributed by atoms with van der Waals surface area (Å²) < 4.78 is 0. The SMILES string of the molecule is O=C(CSc1ccccc1)Nc1ccc(N2CCN(C(=O)C3CCCCC3)CC2)cc1. The van der Waals surface area contributed by atoms with Crippen molar-refractivity contribution in [2.24, 2.45) is 5.92 Å². The Morgan fingerprint density at radius 1 is 0.871 bits per heavy atom. The molecule has 1 aliphatic heterocycles. The van der Waals surface area contributed by atoms with E-state index >= 15 is 0 Å². The van der Waals surface area contributed by atoms with Crippen LogP contribution < -0.4 is 10.2 Å². The molecule has 1 N–H and O–H groups in total. The molecule has 1 aliphatic carbocycles. The van der Waals surface area contributed by atoms with Crippen LogP contribution in [-0.4, -0.2) is 48.6 Å². The van der Waals surface area contributed by atoms with Gasteiger partial charge in [-0.2, -0.15) is 0 Å². The molecule has 0 radical (unpaired) electrons. The summed E-state index contributed by atoms with van der Waals surface area (Å²) in [5, 5.41) is 2.97.